The second kappa shape index (κ2) is 8.28. The highest BCUT2D eigenvalue weighted by atomic mass is 32.2. The normalized spacial score (nSPS) is 19.9. The smallest absolute Gasteiger partial charge is 0.305 e. The van der Waals surface area contributed by atoms with Crippen LogP contribution in [0.4, 0.5) is 10.5 Å². The van der Waals surface area contributed by atoms with E-state index in [-0.39, 0.29) is 0 Å². The molecule has 0 saturated heterocycles. The average molecular weight is 453 g/mol. The van der Waals surface area contributed by atoms with E-state index in [0.717, 1.165) is 44.2 Å². The van der Waals surface area contributed by atoms with E-state index in [1.54, 1.807) is 12.1 Å². The fourth-order valence-electron chi connectivity index (χ4n) is 5.54. The number of carbonyl (C=O) groups is 1. The molecule has 3 aliphatic rings. The molecular weight excluding hydrogens is 420 g/mol. The zero-order valence-electron chi connectivity index (χ0n) is 18.9. The van der Waals surface area contributed by atoms with Crippen molar-refractivity contribution in [3.63, 3.8) is 0 Å². The van der Waals surface area contributed by atoms with Gasteiger partial charge >= 0.3 is 6.03 Å². The molecule has 0 bridgehead atoms. The summed E-state index contributed by atoms with van der Waals surface area (Å²) in [5.74, 6) is 0.669. The van der Waals surface area contributed by atoms with Crippen molar-refractivity contribution in [2.24, 2.45) is 15.4 Å². The Bertz CT molecular complexity index is 1140. The highest BCUT2D eigenvalue weighted by Crippen LogP contribution is 2.43. The number of rotatable bonds is 5. The second-order valence-corrected chi connectivity index (χ2v) is 11.4. The molecule has 2 aromatic carbocycles. The number of nitrogens with one attached hydrogen (secondary N) is 1. The molecular formula is C25H32N4O2S. The van der Waals surface area contributed by atoms with Crippen molar-refractivity contribution in [2.75, 3.05) is 19.4 Å². The molecule has 1 fully saturated rings. The van der Waals surface area contributed by atoms with Crippen LogP contribution in [0.1, 0.15) is 59.5 Å². The highest BCUT2D eigenvalue weighted by Gasteiger charge is 2.33. The minimum Gasteiger partial charge on any atom is -0.305 e. The van der Waals surface area contributed by atoms with Gasteiger partial charge in [-0.25, -0.2) is 14.1 Å². The standard InChI is InChI=1S/C25H32N4O2S/c1-29(2)24(16-9-10-16)17-11-13-20(14-12-17)32(26,31)28-25(30)27-23-21-7-3-5-18(21)15-19-6-4-8-22(19)23/h11-16,24H,3-10H2,1-2H3,(H3,26,27,28,30,31)/t24-,32?/m1/s1. The first-order valence-electron chi connectivity index (χ1n) is 11.6. The molecule has 0 aromatic heterocycles. The van der Waals surface area contributed by atoms with Gasteiger partial charge in [0.25, 0.3) is 0 Å². The lowest BCUT2D eigenvalue weighted by Crippen LogP contribution is -2.22. The number of hydrogen-bond acceptors (Lipinski definition) is 3. The summed E-state index contributed by atoms with van der Waals surface area (Å²) in [6.07, 6.45) is 8.72. The van der Waals surface area contributed by atoms with Crippen LogP contribution < -0.4 is 10.5 Å². The summed E-state index contributed by atoms with van der Waals surface area (Å²) in [6, 6.07) is 9.48. The molecule has 6 nitrogen and oxygen atoms in total. The number of anilines is 1. The van der Waals surface area contributed by atoms with Gasteiger partial charge in [-0.3, -0.25) is 0 Å². The van der Waals surface area contributed by atoms with Crippen molar-refractivity contribution in [1.82, 2.24) is 4.90 Å². The SMILES string of the molecule is CN(C)[C@@H](c1ccc(S(N)(=O)=NC(=O)Nc2c3c(cc4c2CCC4)CCC3)cc1)C1CC1. The number of urea groups is 1. The first kappa shape index (κ1) is 21.6. The molecule has 2 aromatic rings. The third kappa shape index (κ3) is 4.09. The van der Waals surface area contributed by atoms with Crippen LogP contribution in [-0.4, -0.2) is 29.2 Å². The number of fused-ring (bicyclic) bond motifs is 2. The zero-order valence-corrected chi connectivity index (χ0v) is 19.7. The molecule has 32 heavy (non-hydrogen) atoms. The number of aryl methyl sites for hydroxylation is 2. The lowest BCUT2D eigenvalue weighted by molar-refractivity contribution is 0.260. The van der Waals surface area contributed by atoms with E-state index in [2.05, 4.69) is 34.7 Å². The van der Waals surface area contributed by atoms with E-state index in [9.17, 15) is 9.00 Å². The summed E-state index contributed by atoms with van der Waals surface area (Å²) < 4.78 is 17.1. The van der Waals surface area contributed by atoms with E-state index < -0.39 is 15.9 Å². The second-order valence-electron chi connectivity index (χ2n) is 9.64. The Morgan fingerprint density at radius 2 is 1.66 bits per heavy atom. The molecule has 0 heterocycles. The predicted octanol–water partition coefficient (Wildman–Crippen LogP) is 4.61. The van der Waals surface area contributed by atoms with Crippen LogP contribution in [0.5, 0.6) is 0 Å². The minimum absolute atomic E-state index is 0.348. The van der Waals surface area contributed by atoms with Gasteiger partial charge in [0.2, 0.25) is 0 Å². The highest BCUT2D eigenvalue weighted by molar-refractivity contribution is 7.91. The summed E-state index contributed by atoms with van der Waals surface area (Å²) in [5, 5.41) is 9.03. The molecule has 170 valence electrons. The molecule has 0 aliphatic heterocycles. The Hall–Kier alpha value is -2.22. The molecule has 1 saturated carbocycles. The maximum atomic E-state index is 13.2. The fourth-order valence-corrected chi connectivity index (χ4v) is 6.46. The molecule has 7 heteroatoms. The minimum atomic E-state index is -3.33. The molecule has 2 atom stereocenters. The summed E-state index contributed by atoms with van der Waals surface area (Å²) in [5.41, 5.74) is 7.17. The molecule has 3 N–H and O–H groups in total. The van der Waals surface area contributed by atoms with Crippen LogP contribution >= 0.6 is 0 Å². The van der Waals surface area contributed by atoms with Crippen LogP contribution in [0.2, 0.25) is 0 Å². The topological polar surface area (TPSA) is 87.8 Å². The average Bonchev–Trinajstić information content (AvgIpc) is 3.25. The van der Waals surface area contributed by atoms with Gasteiger partial charge in [-0.1, -0.05) is 18.2 Å². The largest absolute Gasteiger partial charge is 0.354 e. The molecule has 2 amide bonds. The molecule has 0 spiro atoms. The number of amides is 2. The third-order valence-corrected chi connectivity index (χ3v) is 8.49. The molecule has 0 radical (unpaired) electrons. The van der Waals surface area contributed by atoms with Crippen molar-refractivity contribution >= 4 is 21.6 Å². The maximum Gasteiger partial charge on any atom is 0.354 e. The Morgan fingerprint density at radius 1 is 1.06 bits per heavy atom. The van der Waals surface area contributed by atoms with Crippen molar-refractivity contribution in [1.29, 1.82) is 0 Å². The Labute approximate surface area is 190 Å². The van der Waals surface area contributed by atoms with Crippen LogP contribution in [0, 0.1) is 5.92 Å². The van der Waals surface area contributed by atoms with E-state index in [4.69, 9.17) is 5.14 Å². The third-order valence-electron chi connectivity index (χ3n) is 7.11. The van der Waals surface area contributed by atoms with E-state index in [1.807, 2.05) is 12.1 Å². The monoisotopic (exact) mass is 452 g/mol. The van der Waals surface area contributed by atoms with E-state index in [1.165, 1.54) is 40.7 Å². The maximum absolute atomic E-state index is 13.2. The van der Waals surface area contributed by atoms with Gasteiger partial charge in [0.05, 0.1) is 4.90 Å². The molecule has 3 aliphatic carbocycles. The number of nitrogens with zero attached hydrogens (tertiary/aromatic N) is 2. The molecule has 5 rings (SSSR count). The summed E-state index contributed by atoms with van der Waals surface area (Å²) in [6.45, 7) is 0. The quantitative estimate of drug-likeness (QED) is 0.694. The first-order chi connectivity index (χ1) is 15.3. The first-order valence-corrected chi connectivity index (χ1v) is 13.2. The van der Waals surface area contributed by atoms with E-state index in [0.29, 0.717) is 16.9 Å². The van der Waals surface area contributed by atoms with Gasteiger partial charge in [0.1, 0.15) is 9.92 Å². The van der Waals surface area contributed by atoms with Gasteiger partial charge in [-0.05, 0) is 111 Å². The van der Waals surface area contributed by atoms with Crippen LogP contribution in [-0.2, 0) is 35.6 Å². The van der Waals surface area contributed by atoms with Crippen LogP contribution in [0.3, 0.4) is 0 Å². The number of carbonyl (C=O) groups excluding carboxylic acids is 1. The number of benzene rings is 2. The zero-order chi connectivity index (χ0) is 22.5. The van der Waals surface area contributed by atoms with E-state index >= 15 is 0 Å². The summed E-state index contributed by atoms with van der Waals surface area (Å²) in [4.78, 5) is 15.4. The Kier molecular flexibility index (Phi) is 5.60. The van der Waals surface area contributed by atoms with Gasteiger partial charge in [-0.2, -0.15) is 0 Å². The van der Waals surface area contributed by atoms with Crippen molar-refractivity contribution < 1.29 is 9.00 Å². The van der Waals surface area contributed by atoms with Crippen LogP contribution in [0.25, 0.3) is 0 Å². The Balaban J connectivity index is 1.39. The van der Waals surface area contributed by atoms with Gasteiger partial charge in [0, 0.05) is 11.7 Å². The van der Waals surface area contributed by atoms with Crippen molar-refractivity contribution in [3.05, 3.63) is 58.1 Å². The predicted molar refractivity (Wildman–Crippen MR) is 128 cm³/mol. The van der Waals surface area contributed by atoms with Crippen molar-refractivity contribution in [3.8, 4) is 0 Å². The fraction of sp³-hybridized carbons (Fsp3) is 0.480. The lowest BCUT2D eigenvalue weighted by Gasteiger charge is -2.24. The van der Waals surface area contributed by atoms with Crippen LogP contribution in [0.15, 0.2) is 39.6 Å². The summed E-state index contributed by atoms with van der Waals surface area (Å²) in [7, 11) is 0.840. The molecule has 1 unspecified atom stereocenters. The van der Waals surface area contributed by atoms with Gasteiger partial charge in [0.15, 0.2) is 0 Å². The number of hydrogen-bond donors (Lipinski definition) is 2. The van der Waals surface area contributed by atoms with Crippen molar-refractivity contribution in [2.45, 2.75) is 62.3 Å². The number of nitrogens with two attached hydrogens (primary N) is 1. The Morgan fingerprint density at radius 3 is 2.19 bits per heavy atom. The summed E-state index contributed by atoms with van der Waals surface area (Å²) >= 11 is 0. The van der Waals surface area contributed by atoms with Gasteiger partial charge < -0.3 is 10.2 Å². The lowest BCUT2D eigenvalue weighted by atomic mass is 9.99. The van der Waals surface area contributed by atoms with Gasteiger partial charge in [-0.15, -0.1) is 4.36 Å².